The van der Waals surface area contributed by atoms with Gasteiger partial charge in [-0.2, -0.15) is 24.9 Å². The number of rotatable bonds is 4. The van der Waals surface area contributed by atoms with Crippen LogP contribution in [-0.2, 0) is 12.6 Å². The normalized spacial score (nSPS) is 13.8. The average molecular weight is 249 g/mol. The molecule has 0 aliphatic rings. The molecule has 0 fully saturated rings. The zero-order valence-electron chi connectivity index (χ0n) is 8.92. The fourth-order valence-electron chi connectivity index (χ4n) is 1.41. The third-order valence-corrected chi connectivity index (χ3v) is 2.92. The van der Waals surface area contributed by atoms with E-state index >= 15 is 0 Å². The largest absolute Gasteiger partial charge is 0.416 e. The predicted molar refractivity (Wildman–Crippen MR) is 61.5 cm³/mol. The van der Waals surface area contributed by atoms with Crippen molar-refractivity contribution in [2.45, 2.75) is 18.6 Å². The van der Waals surface area contributed by atoms with Gasteiger partial charge in [0.15, 0.2) is 0 Å². The number of hydrogen-bond donors (Lipinski definition) is 1. The molecule has 1 aromatic rings. The number of nitrogens with two attached hydrogens (primary N) is 1. The maximum absolute atomic E-state index is 12.3. The topological polar surface area (TPSA) is 26.0 Å². The van der Waals surface area contributed by atoms with E-state index in [1.807, 2.05) is 6.26 Å². The van der Waals surface area contributed by atoms with Crippen LogP contribution in [0.25, 0.3) is 0 Å². The second kappa shape index (κ2) is 5.59. The van der Waals surface area contributed by atoms with Crippen molar-refractivity contribution in [1.29, 1.82) is 0 Å². The van der Waals surface area contributed by atoms with Crippen LogP contribution < -0.4 is 5.73 Å². The summed E-state index contributed by atoms with van der Waals surface area (Å²) in [6.45, 7) is 0. The van der Waals surface area contributed by atoms with E-state index in [9.17, 15) is 13.2 Å². The number of alkyl halides is 3. The summed E-state index contributed by atoms with van der Waals surface area (Å²) in [7, 11) is 0. The van der Waals surface area contributed by atoms with Crippen molar-refractivity contribution in [2.75, 3.05) is 12.0 Å². The smallest absolute Gasteiger partial charge is 0.327 e. The Morgan fingerprint density at radius 2 is 1.81 bits per heavy atom. The molecule has 0 amide bonds. The lowest BCUT2D eigenvalue weighted by Crippen LogP contribution is -2.25. The Hall–Kier alpha value is -0.680. The SMILES string of the molecule is CSCC(N)Cc1ccc(C(F)(F)F)cc1. The Morgan fingerprint density at radius 1 is 1.25 bits per heavy atom. The third-order valence-electron chi connectivity index (χ3n) is 2.16. The molecule has 0 radical (unpaired) electrons. The Labute approximate surface area is 97.2 Å². The molecule has 1 nitrogen and oxygen atoms in total. The highest BCUT2D eigenvalue weighted by molar-refractivity contribution is 7.98. The highest BCUT2D eigenvalue weighted by Crippen LogP contribution is 2.29. The molecule has 5 heteroatoms. The highest BCUT2D eigenvalue weighted by atomic mass is 32.2. The van der Waals surface area contributed by atoms with Crippen LogP contribution >= 0.6 is 11.8 Å². The first kappa shape index (κ1) is 13.4. The van der Waals surface area contributed by atoms with Gasteiger partial charge >= 0.3 is 6.18 Å². The molecular formula is C11H14F3NS. The highest BCUT2D eigenvalue weighted by Gasteiger charge is 2.29. The van der Waals surface area contributed by atoms with Crippen LogP contribution in [0.3, 0.4) is 0 Å². The summed E-state index contributed by atoms with van der Waals surface area (Å²) >= 11 is 1.63. The van der Waals surface area contributed by atoms with Crippen LogP contribution in [0.4, 0.5) is 13.2 Å². The summed E-state index contributed by atoms with van der Waals surface area (Å²) < 4.78 is 36.8. The lowest BCUT2D eigenvalue weighted by Gasteiger charge is -2.11. The van der Waals surface area contributed by atoms with E-state index in [0.717, 1.165) is 23.4 Å². The van der Waals surface area contributed by atoms with Crippen LogP contribution in [0, 0.1) is 0 Å². The van der Waals surface area contributed by atoms with Gasteiger partial charge in [0, 0.05) is 11.8 Å². The molecule has 1 rings (SSSR count). The van der Waals surface area contributed by atoms with E-state index < -0.39 is 11.7 Å². The summed E-state index contributed by atoms with van der Waals surface area (Å²) in [5.74, 6) is 0.807. The number of benzene rings is 1. The minimum atomic E-state index is -4.26. The minimum Gasteiger partial charge on any atom is -0.327 e. The summed E-state index contributed by atoms with van der Waals surface area (Å²) in [6.07, 6.45) is -1.70. The molecule has 1 unspecified atom stereocenters. The van der Waals surface area contributed by atoms with Gasteiger partial charge in [0.05, 0.1) is 5.56 Å². The van der Waals surface area contributed by atoms with Crippen molar-refractivity contribution in [2.24, 2.45) is 5.73 Å². The molecule has 1 aromatic carbocycles. The molecule has 0 bridgehead atoms. The van der Waals surface area contributed by atoms with Gasteiger partial charge in [-0.1, -0.05) is 12.1 Å². The maximum atomic E-state index is 12.3. The number of thioether (sulfide) groups is 1. The van der Waals surface area contributed by atoms with Gasteiger partial charge in [0.1, 0.15) is 0 Å². The summed E-state index contributed by atoms with van der Waals surface area (Å²) in [4.78, 5) is 0. The van der Waals surface area contributed by atoms with E-state index in [1.165, 1.54) is 12.1 Å². The van der Waals surface area contributed by atoms with Gasteiger partial charge in [-0.25, -0.2) is 0 Å². The van der Waals surface area contributed by atoms with Crippen LogP contribution in [0.2, 0.25) is 0 Å². The summed E-state index contributed by atoms with van der Waals surface area (Å²) in [5.41, 5.74) is 6.02. The van der Waals surface area contributed by atoms with Crippen molar-refractivity contribution >= 4 is 11.8 Å². The van der Waals surface area contributed by atoms with Crippen LogP contribution in [0.5, 0.6) is 0 Å². The zero-order chi connectivity index (χ0) is 12.2. The van der Waals surface area contributed by atoms with Gasteiger partial charge in [-0.3, -0.25) is 0 Å². The third kappa shape index (κ3) is 4.06. The van der Waals surface area contributed by atoms with E-state index in [2.05, 4.69) is 0 Å². The number of halogens is 3. The molecule has 0 heterocycles. The fourth-order valence-corrected chi connectivity index (χ4v) is 1.95. The van der Waals surface area contributed by atoms with Gasteiger partial charge in [-0.05, 0) is 30.4 Å². The van der Waals surface area contributed by atoms with E-state index in [4.69, 9.17) is 5.73 Å². The second-order valence-electron chi connectivity index (χ2n) is 3.61. The summed E-state index contributed by atoms with van der Waals surface area (Å²) in [6, 6.07) is 5.17. The van der Waals surface area contributed by atoms with Crippen molar-refractivity contribution in [1.82, 2.24) is 0 Å². The predicted octanol–water partition coefficient (Wildman–Crippen LogP) is 2.94. The summed E-state index contributed by atoms with van der Waals surface area (Å²) in [5, 5.41) is 0. The molecule has 1 atom stereocenters. The standard InChI is InChI=1S/C11H14F3NS/c1-16-7-10(15)6-8-2-4-9(5-3-8)11(12,13)14/h2-5,10H,6-7,15H2,1H3. The van der Waals surface area contributed by atoms with Gasteiger partial charge < -0.3 is 5.73 Å². The minimum absolute atomic E-state index is 0.00765. The molecule has 0 spiro atoms. The van der Waals surface area contributed by atoms with E-state index in [1.54, 1.807) is 11.8 Å². The fraction of sp³-hybridized carbons (Fsp3) is 0.455. The van der Waals surface area contributed by atoms with Crippen LogP contribution in [0.15, 0.2) is 24.3 Å². The molecule has 16 heavy (non-hydrogen) atoms. The first-order valence-electron chi connectivity index (χ1n) is 4.84. The molecular weight excluding hydrogens is 235 g/mol. The van der Waals surface area contributed by atoms with Crippen molar-refractivity contribution in [3.05, 3.63) is 35.4 Å². The van der Waals surface area contributed by atoms with Gasteiger partial charge in [0.25, 0.3) is 0 Å². The molecule has 0 aliphatic carbocycles. The van der Waals surface area contributed by atoms with E-state index in [-0.39, 0.29) is 6.04 Å². The number of hydrogen-bond acceptors (Lipinski definition) is 2. The molecule has 90 valence electrons. The maximum Gasteiger partial charge on any atom is 0.416 e. The molecule has 2 N–H and O–H groups in total. The van der Waals surface area contributed by atoms with Crippen molar-refractivity contribution < 1.29 is 13.2 Å². The molecule has 0 aliphatic heterocycles. The van der Waals surface area contributed by atoms with Crippen molar-refractivity contribution in [3.8, 4) is 0 Å². The second-order valence-corrected chi connectivity index (χ2v) is 4.52. The Morgan fingerprint density at radius 3 is 2.25 bits per heavy atom. The Balaban J connectivity index is 2.65. The first-order valence-corrected chi connectivity index (χ1v) is 6.23. The molecule has 0 saturated heterocycles. The quantitative estimate of drug-likeness (QED) is 0.887. The van der Waals surface area contributed by atoms with Crippen molar-refractivity contribution in [3.63, 3.8) is 0 Å². The lowest BCUT2D eigenvalue weighted by molar-refractivity contribution is -0.137. The molecule has 0 aromatic heterocycles. The molecule has 0 saturated carbocycles. The van der Waals surface area contributed by atoms with Crippen LogP contribution in [-0.4, -0.2) is 18.1 Å². The van der Waals surface area contributed by atoms with Gasteiger partial charge in [-0.15, -0.1) is 0 Å². The van der Waals surface area contributed by atoms with E-state index in [0.29, 0.717) is 6.42 Å². The lowest BCUT2D eigenvalue weighted by atomic mass is 10.1. The van der Waals surface area contributed by atoms with Gasteiger partial charge in [0.2, 0.25) is 0 Å². The van der Waals surface area contributed by atoms with Crippen LogP contribution in [0.1, 0.15) is 11.1 Å². The monoisotopic (exact) mass is 249 g/mol. The Kier molecular flexibility index (Phi) is 4.68. The average Bonchev–Trinajstić information content (AvgIpc) is 2.17. The first-order chi connectivity index (χ1) is 7.43. The Bertz CT molecular complexity index is 321. The zero-order valence-corrected chi connectivity index (χ0v) is 9.74.